The van der Waals surface area contributed by atoms with Crippen LogP contribution in [0.1, 0.15) is 27.7 Å². The van der Waals surface area contributed by atoms with E-state index in [0.717, 1.165) is 0 Å². The van der Waals surface area contributed by atoms with Crippen molar-refractivity contribution in [1.29, 1.82) is 0 Å². The molecule has 0 bridgehead atoms. The summed E-state index contributed by atoms with van der Waals surface area (Å²) in [6.45, 7) is 8.13. The molecule has 7 heteroatoms. The van der Waals surface area contributed by atoms with Crippen molar-refractivity contribution < 1.29 is 28.4 Å². The number of hydrogen-bond donors (Lipinski definition) is 0. The normalized spacial score (nSPS) is 44.2. The first-order valence-electron chi connectivity index (χ1n) is 7.65. The first-order chi connectivity index (χ1) is 10.3. The average molecular weight is 334 g/mol. The Morgan fingerprint density at radius 1 is 1.00 bits per heavy atom. The Morgan fingerprint density at radius 3 is 2.27 bits per heavy atom. The Morgan fingerprint density at radius 2 is 1.64 bits per heavy atom. The molecule has 3 aliphatic rings. The smallest absolute Gasteiger partial charge is 0.164 e. The molecule has 2 unspecified atom stereocenters. The summed E-state index contributed by atoms with van der Waals surface area (Å²) < 4.78 is 35.9. The van der Waals surface area contributed by atoms with Crippen molar-refractivity contribution in [3.63, 3.8) is 0 Å². The van der Waals surface area contributed by atoms with E-state index in [1.54, 1.807) is 18.9 Å². The second kappa shape index (κ2) is 5.88. The van der Waals surface area contributed by atoms with Crippen LogP contribution in [0.5, 0.6) is 0 Å². The van der Waals surface area contributed by atoms with Crippen molar-refractivity contribution in [3.8, 4) is 0 Å². The van der Waals surface area contributed by atoms with Gasteiger partial charge in [-0.15, -0.1) is 11.8 Å². The third-order valence-corrected chi connectivity index (χ3v) is 5.18. The summed E-state index contributed by atoms with van der Waals surface area (Å²) >= 11 is 1.60. The molecular weight excluding hydrogens is 308 g/mol. The molecule has 0 aliphatic carbocycles. The standard InChI is InChI=1S/C15H26O6S/c1-14(2)17-7-8-9(19-14)10-11(21-15(3,4)20-10)12(18-8)13(16-5)22-6/h8-13H,7H2,1-6H3/t8-,9-,10+,11+,12?,13?/m1/s1. The molecular formula is C15H26O6S. The first kappa shape index (κ1) is 17.0. The lowest BCUT2D eigenvalue weighted by molar-refractivity contribution is -0.350. The van der Waals surface area contributed by atoms with E-state index >= 15 is 0 Å². The fourth-order valence-corrected chi connectivity index (χ4v) is 4.08. The van der Waals surface area contributed by atoms with Gasteiger partial charge in [-0.2, -0.15) is 0 Å². The third-order valence-electron chi connectivity index (χ3n) is 4.26. The van der Waals surface area contributed by atoms with E-state index in [1.807, 2.05) is 34.0 Å². The number of ether oxygens (including phenoxy) is 6. The average Bonchev–Trinajstić information content (AvgIpc) is 2.76. The van der Waals surface area contributed by atoms with Gasteiger partial charge < -0.3 is 28.4 Å². The molecule has 0 aromatic carbocycles. The summed E-state index contributed by atoms with van der Waals surface area (Å²) in [6.07, 6.45) is 0.986. The molecule has 3 saturated heterocycles. The van der Waals surface area contributed by atoms with Gasteiger partial charge in [0, 0.05) is 7.11 Å². The van der Waals surface area contributed by atoms with Crippen LogP contribution in [-0.4, -0.2) is 67.5 Å². The Hall–Kier alpha value is 0.110. The first-order valence-corrected chi connectivity index (χ1v) is 8.93. The summed E-state index contributed by atoms with van der Waals surface area (Å²) in [7, 11) is 1.68. The molecule has 3 fully saturated rings. The molecule has 128 valence electrons. The van der Waals surface area contributed by atoms with Gasteiger partial charge in [0.1, 0.15) is 36.0 Å². The highest BCUT2D eigenvalue weighted by molar-refractivity contribution is 7.99. The fraction of sp³-hybridized carbons (Fsp3) is 1.00. The Balaban J connectivity index is 1.87. The van der Waals surface area contributed by atoms with Gasteiger partial charge in [-0.1, -0.05) is 0 Å². The van der Waals surface area contributed by atoms with Crippen LogP contribution in [-0.2, 0) is 28.4 Å². The van der Waals surface area contributed by atoms with E-state index in [4.69, 9.17) is 28.4 Å². The Kier molecular flexibility index (Phi) is 4.53. The molecule has 0 spiro atoms. The van der Waals surface area contributed by atoms with E-state index in [2.05, 4.69) is 0 Å². The molecule has 6 atom stereocenters. The van der Waals surface area contributed by atoms with Gasteiger partial charge in [-0.05, 0) is 34.0 Å². The predicted octanol–water partition coefficient (Wildman–Crippen LogP) is 1.76. The van der Waals surface area contributed by atoms with E-state index in [9.17, 15) is 0 Å². The molecule has 0 aromatic heterocycles. The number of hydrogen-bond acceptors (Lipinski definition) is 7. The molecule has 0 saturated carbocycles. The van der Waals surface area contributed by atoms with Gasteiger partial charge in [0.2, 0.25) is 0 Å². The van der Waals surface area contributed by atoms with Crippen LogP contribution in [0.2, 0.25) is 0 Å². The Bertz CT molecular complexity index is 411. The highest BCUT2D eigenvalue weighted by Gasteiger charge is 2.59. The molecule has 3 rings (SSSR count). The fourth-order valence-electron chi connectivity index (χ4n) is 3.40. The topological polar surface area (TPSA) is 55.4 Å². The zero-order valence-electron chi connectivity index (χ0n) is 14.0. The molecule has 0 radical (unpaired) electrons. The summed E-state index contributed by atoms with van der Waals surface area (Å²) in [4.78, 5) is 0. The van der Waals surface area contributed by atoms with Gasteiger partial charge in [0.05, 0.1) is 6.61 Å². The summed E-state index contributed by atoms with van der Waals surface area (Å²) in [5.41, 5.74) is -0.124. The third kappa shape index (κ3) is 3.05. The van der Waals surface area contributed by atoms with Crippen LogP contribution in [0.15, 0.2) is 0 Å². The van der Waals surface area contributed by atoms with Crippen molar-refractivity contribution >= 4 is 11.8 Å². The molecule has 3 heterocycles. The maximum Gasteiger partial charge on any atom is 0.164 e. The monoisotopic (exact) mass is 334 g/mol. The van der Waals surface area contributed by atoms with Crippen molar-refractivity contribution in [2.75, 3.05) is 20.0 Å². The maximum absolute atomic E-state index is 6.23. The summed E-state index contributed by atoms with van der Waals surface area (Å²) in [6, 6.07) is 0. The molecule has 0 N–H and O–H groups in total. The minimum atomic E-state index is -0.658. The van der Waals surface area contributed by atoms with E-state index < -0.39 is 11.6 Å². The summed E-state index contributed by atoms with van der Waals surface area (Å²) in [5.74, 6) is -1.30. The lowest BCUT2D eigenvalue weighted by atomic mass is 9.94. The lowest BCUT2D eigenvalue weighted by Crippen LogP contribution is -2.65. The largest absolute Gasteiger partial charge is 0.368 e. The van der Waals surface area contributed by atoms with Crippen LogP contribution >= 0.6 is 11.8 Å². The maximum atomic E-state index is 6.23. The zero-order valence-corrected chi connectivity index (χ0v) is 14.8. The predicted molar refractivity (Wildman–Crippen MR) is 81.7 cm³/mol. The number of methoxy groups -OCH3 is 1. The second-order valence-electron chi connectivity index (χ2n) is 6.84. The minimum Gasteiger partial charge on any atom is -0.368 e. The van der Waals surface area contributed by atoms with Crippen molar-refractivity contribution in [2.45, 2.75) is 75.2 Å². The molecule has 6 nitrogen and oxygen atoms in total. The zero-order chi connectivity index (χ0) is 16.1. The van der Waals surface area contributed by atoms with Crippen LogP contribution in [0, 0.1) is 0 Å². The highest BCUT2D eigenvalue weighted by Crippen LogP contribution is 2.43. The van der Waals surface area contributed by atoms with Crippen LogP contribution in [0.4, 0.5) is 0 Å². The van der Waals surface area contributed by atoms with Gasteiger partial charge in [0.25, 0.3) is 0 Å². The van der Waals surface area contributed by atoms with Crippen LogP contribution in [0.3, 0.4) is 0 Å². The molecule has 0 amide bonds. The van der Waals surface area contributed by atoms with E-state index in [-0.39, 0.29) is 36.0 Å². The number of thioether (sulfide) groups is 1. The Labute approximate surface area is 136 Å². The van der Waals surface area contributed by atoms with Crippen molar-refractivity contribution in [1.82, 2.24) is 0 Å². The second-order valence-corrected chi connectivity index (χ2v) is 7.77. The van der Waals surface area contributed by atoms with Gasteiger partial charge in [0.15, 0.2) is 11.6 Å². The number of rotatable bonds is 3. The van der Waals surface area contributed by atoms with Crippen LogP contribution in [0.25, 0.3) is 0 Å². The highest BCUT2D eigenvalue weighted by atomic mass is 32.2. The number of fused-ring (bicyclic) bond motifs is 3. The van der Waals surface area contributed by atoms with Crippen molar-refractivity contribution in [3.05, 3.63) is 0 Å². The molecule has 3 aliphatic heterocycles. The lowest BCUT2D eigenvalue weighted by Gasteiger charge is -2.49. The molecule has 22 heavy (non-hydrogen) atoms. The van der Waals surface area contributed by atoms with Crippen LogP contribution < -0.4 is 0 Å². The quantitative estimate of drug-likeness (QED) is 0.729. The summed E-state index contributed by atoms with van der Waals surface area (Å²) in [5, 5.41) is 0. The molecule has 0 aromatic rings. The van der Waals surface area contributed by atoms with E-state index in [1.165, 1.54) is 0 Å². The van der Waals surface area contributed by atoms with Gasteiger partial charge >= 0.3 is 0 Å². The SMILES string of the molecule is COC(SC)C1O[C@@H]2COC(C)(C)O[C@H]2[C@@H]2OC(C)(C)O[C@H]12. The van der Waals surface area contributed by atoms with Gasteiger partial charge in [-0.25, -0.2) is 0 Å². The minimum absolute atomic E-state index is 0.124. The van der Waals surface area contributed by atoms with Gasteiger partial charge in [-0.3, -0.25) is 0 Å². The van der Waals surface area contributed by atoms with Crippen molar-refractivity contribution in [2.24, 2.45) is 0 Å². The van der Waals surface area contributed by atoms with E-state index in [0.29, 0.717) is 6.61 Å².